The molecule has 0 aromatic carbocycles. The summed E-state index contributed by atoms with van der Waals surface area (Å²) in [6, 6.07) is 0. The number of imidazole rings is 1. The van der Waals surface area contributed by atoms with Gasteiger partial charge in [-0.3, -0.25) is 0 Å². The van der Waals surface area contributed by atoms with Crippen LogP contribution in [0.1, 0.15) is 0 Å². The van der Waals surface area contributed by atoms with Crippen molar-refractivity contribution >= 4 is 16.7 Å². The fraction of sp³-hybridized carbons (Fsp3) is 0. The summed E-state index contributed by atoms with van der Waals surface area (Å²) in [4.78, 5) is 10.8. The van der Waals surface area contributed by atoms with Gasteiger partial charge in [0.1, 0.15) is 0 Å². The normalized spacial score (nSPS) is 10.2. The minimum atomic E-state index is 0.455. The first-order chi connectivity index (χ1) is 5.36. The number of hydrogen-bond acceptors (Lipinski definition) is 5. The second-order valence-electron chi connectivity index (χ2n) is 1.89. The van der Waals surface area contributed by atoms with Crippen molar-refractivity contribution in [3.05, 3.63) is 12.4 Å². The summed E-state index contributed by atoms with van der Waals surface area (Å²) < 4.78 is 3.97. The SMILES string of the molecule is Nc1nc(-c2ncc[nH]2)ns1. The molecule has 2 aromatic heterocycles. The van der Waals surface area contributed by atoms with Gasteiger partial charge in [-0.2, -0.15) is 9.36 Å². The third-order valence-electron chi connectivity index (χ3n) is 1.15. The van der Waals surface area contributed by atoms with E-state index < -0.39 is 0 Å². The van der Waals surface area contributed by atoms with Crippen LogP contribution in [0.3, 0.4) is 0 Å². The average Bonchev–Trinajstić information content (AvgIpc) is 2.55. The van der Waals surface area contributed by atoms with Crippen molar-refractivity contribution in [2.45, 2.75) is 0 Å². The third kappa shape index (κ3) is 1.07. The smallest absolute Gasteiger partial charge is 0.210 e. The minimum absolute atomic E-state index is 0.455. The minimum Gasteiger partial charge on any atom is -0.374 e. The number of anilines is 1. The molecule has 0 fully saturated rings. The fourth-order valence-corrected chi connectivity index (χ4v) is 1.15. The van der Waals surface area contributed by atoms with Gasteiger partial charge in [0.2, 0.25) is 5.82 Å². The quantitative estimate of drug-likeness (QED) is 0.648. The summed E-state index contributed by atoms with van der Waals surface area (Å²) in [5.41, 5.74) is 5.39. The average molecular weight is 167 g/mol. The van der Waals surface area contributed by atoms with Crippen LogP contribution >= 0.6 is 11.5 Å². The van der Waals surface area contributed by atoms with Crippen LogP contribution < -0.4 is 5.73 Å². The summed E-state index contributed by atoms with van der Waals surface area (Å²) in [6.45, 7) is 0. The van der Waals surface area contributed by atoms with E-state index >= 15 is 0 Å². The van der Waals surface area contributed by atoms with Crippen molar-refractivity contribution < 1.29 is 0 Å². The molecule has 6 heteroatoms. The number of aromatic amines is 1. The fourth-order valence-electron chi connectivity index (χ4n) is 0.719. The Bertz CT molecular complexity index is 337. The van der Waals surface area contributed by atoms with E-state index in [4.69, 9.17) is 5.73 Å². The molecule has 0 spiro atoms. The van der Waals surface area contributed by atoms with E-state index in [9.17, 15) is 0 Å². The molecule has 0 radical (unpaired) electrons. The van der Waals surface area contributed by atoms with E-state index in [1.807, 2.05) is 0 Å². The van der Waals surface area contributed by atoms with E-state index in [-0.39, 0.29) is 0 Å². The van der Waals surface area contributed by atoms with Gasteiger partial charge in [-0.1, -0.05) is 0 Å². The number of rotatable bonds is 1. The van der Waals surface area contributed by atoms with E-state index in [0.29, 0.717) is 16.8 Å². The highest BCUT2D eigenvalue weighted by Crippen LogP contribution is 2.13. The van der Waals surface area contributed by atoms with Crippen LogP contribution in [-0.2, 0) is 0 Å². The molecule has 0 aliphatic heterocycles. The predicted octanol–water partition coefficient (Wildman–Crippen LogP) is 0.510. The van der Waals surface area contributed by atoms with Crippen LogP contribution in [-0.4, -0.2) is 19.3 Å². The van der Waals surface area contributed by atoms with Crippen molar-refractivity contribution in [3.63, 3.8) is 0 Å². The molecular weight excluding hydrogens is 162 g/mol. The second-order valence-corrected chi connectivity index (χ2v) is 2.68. The van der Waals surface area contributed by atoms with Gasteiger partial charge in [0.25, 0.3) is 0 Å². The molecule has 11 heavy (non-hydrogen) atoms. The zero-order chi connectivity index (χ0) is 7.68. The monoisotopic (exact) mass is 167 g/mol. The Labute approximate surface area is 66.5 Å². The molecule has 0 aliphatic carbocycles. The van der Waals surface area contributed by atoms with Crippen LogP contribution in [0.2, 0.25) is 0 Å². The van der Waals surface area contributed by atoms with Crippen molar-refractivity contribution in [1.29, 1.82) is 0 Å². The number of hydrogen-bond donors (Lipinski definition) is 2. The number of nitrogens with zero attached hydrogens (tertiary/aromatic N) is 3. The molecule has 0 atom stereocenters. The van der Waals surface area contributed by atoms with Gasteiger partial charge in [0.05, 0.1) is 0 Å². The first-order valence-electron chi connectivity index (χ1n) is 2.95. The highest BCUT2D eigenvalue weighted by Gasteiger charge is 2.04. The molecule has 0 bridgehead atoms. The van der Waals surface area contributed by atoms with Crippen LogP contribution in [0.15, 0.2) is 12.4 Å². The van der Waals surface area contributed by atoms with Gasteiger partial charge in [0.15, 0.2) is 11.0 Å². The Morgan fingerprint density at radius 3 is 3.00 bits per heavy atom. The highest BCUT2D eigenvalue weighted by atomic mass is 32.1. The number of H-pyrrole nitrogens is 1. The highest BCUT2D eigenvalue weighted by molar-refractivity contribution is 7.09. The summed E-state index contributed by atoms with van der Waals surface area (Å²) in [7, 11) is 0. The molecule has 2 rings (SSSR count). The zero-order valence-electron chi connectivity index (χ0n) is 5.48. The van der Waals surface area contributed by atoms with Crippen molar-refractivity contribution in [2.24, 2.45) is 0 Å². The van der Waals surface area contributed by atoms with Crippen LogP contribution in [0.25, 0.3) is 11.6 Å². The maximum atomic E-state index is 5.39. The molecule has 0 saturated heterocycles. The Kier molecular flexibility index (Phi) is 1.32. The van der Waals surface area contributed by atoms with Crippen molar-refractivity contribution in [3.8, 4) is 11.6 Å². The first-order valence-corrected chi connectivity index (χ1v) is 3.72. The Balaban J connectivity index is 2.45. The lowest BCUT2D eigenvalue weighted by Crippen LogP contribution is -1.84. The number of nitrogens with one attached hydrogen (secondary N) is 1. The van der Waals surface area contributed by atoms with E-state index in [1.54, 1.807) is 12.4 Å². The van der Waals surface area contributed by atoms with Crippen LogP contribution in [0, 0.1) is 0 Å². The van der Waals surface area contributed by atoms with E-state index in [1.165, 1.54) is 0 Å². The molecule has 2 heterocycles. The molecule has 0 unspecified atom stereocenters. The molecule has 0 aliphatic rings. The van der Waals surface area contributed by atoms with Gasteiger partial charge in [0, 0.05) is 23.9 Å². The molecule has 56 valence electrons. The second kappa shape index (κ2) is 2.31. The van der Waals surface area contributed by atoms with Gasteiger partial charge >= 0.3 is 0 Å². The summed E-state index contributed by atoms with van der Waals surface area (Å²) >= 11 is 1.16. The number of aromatic nitrogens is 4. The lowest BCUT2D eigenvalue weighted by atomic mass is 10.6. The van der Waals surface area contributed by atoms with Gasteiger partial charge in [-0.25, -0.2) is 4.98 Å². The summed E-state index contributed by atoms with van der Waals surface area (Å²) in [5, 5.41) is 0.455. The lowest BCUT2D eigenvalue weighted by molar-refractivity contribution is 1.21. The molecular formula is C5H5N5S. The van der Waals surface area contributed by atoms with Crippen molar-refractivity contribution in [1.82, 2.24) is 19.3 Å². The number of nitrogens with two attached hydrogens (primary N) is 1. The van der Waals surface area contributed by atoms with E-state index in [2.05, 4.69) is 19.3 Å². The molecule has 0 saturated carbocycles. The molecule has 0 amide bonds. The van der Waals surface area contributed by atoms with Gasteiger partial charge in [-0.15, -0.1) is 0 Å². The lowest BCUT2D eigenvalue weighted by Gasteiger charge is -1.82. The maximum absolute atomic E-state index is 5.39. The Hall–Kier alpha value is -1.43. The van der Waals surface area contributed by atoms with Crippen LogP contribution in [0.5, 0.6) is 0 Å². The topological polar surface area (TPSA) is 80.5 Å². The maximum Gasteiger partial charge on any atom is 0.210 e. The standard InChI is InChI=1S/C5H5N5S/c6-5-9-4(10-11-5)3-7-1-2-8-3/h1-2H,(H,7,8)(H2,6,9,10). The van der Waals surface area contributed by atoms with Crippen LogP contribution in [0.4, 0.5) is 5.13 Å². The molecule has 5 nitrogen and oxygen atoms in total. The first kappa shape index (κ1) is 6.29. The zero-order valence-corrected chi connectivity index (χ0v) is 6.30. The van der Waals surface area contributed by atoms with E-state index in [0.717, 1.165) is 11.5 Å². The van der Waals surface area contributed by atoms with Crippen molar-refractivity contribution in [2.75, 3.05) is 5.73 Å². The Morgan fingerprint density at radius 1 is 1.55 bits per heavy atom. The number of nitrogen functional groups attached to an aromatic ring is 1. The summed E-state index contributed by atoms with van der Waals surface area (Å²) in [6.07, 6.45) is 3.36. The predicted molar refractivity (Wildman–Crippen MR) is 41.9 cm³/mol. The molecule has 3 N–H and O–H groups in total. The molecule has 2 aromatic rings. The summed E-state index contributed by atoms with van der Waals surface area (Å²) in [5.74, 6) is 1.20. The third-order valence-corrected chi connectivity index (χ3v) is 1.69. The largest absolute Gasteiger partial charge is 0.374 e. The van der Waals surface area contributed by atoms with Gasteiger partial charge in [-0.05, 0) is 0 Å². The van der Waals surface area contributed by atoms with Gasteiger partial charge < -0.3 is 10.7 Å². The Morgan fingerprint density at radius 2 is 2.45 bits per heavy atom.